The third kappa shape index (κ3) is 11.8. The molecule has 16 heteroatoms. The van der Waals surface area contributed by atoms with Crippen LogP contribution >= 0.6 is 0 Å². The van der Waals surface area contributed by atoms with E-state index in [4.69, 9.17) is 28.4 Å². The second-order valence-corrected chi connectivity index (χ2v) is 14.1. The number of ether oxygens (including phenoxy) is 6. The molecule has 0 amide bonds. The van der Waals surface area contributed by atoms with E-state index in [0.29, 0.717) is 85.8 Å². The Kier molecular flexibility index (Phi) is 14.1. The monoisotopic (exact) mass is 840 g/mol. The number of aromatic nitrogens is 4. The van der Waals surface area contributed by atoms with E-state index in [1.165, 1.54) is 0 Å². The van der Waals surface area contributed by atoms with Crippen molar-refractivity contribution in [3.05, 3.63) is 108 Å². The van der Waals surface area contributed by atoms with Crippen molar-refractivity contribution >= 4 is 57.8 Å². The zero-order chi connectivity index (χ0) is 43.3. The van der Waals surface area contributed by atoms with Crippen molar-refractivity contribution in [1.82, 2.24) is 19.9 Å². The number of anilines is 8. The zero-order valence-electron chi connectivity index (χ0n) is 34.9. The standard InChI is InChI=1S/2C23H24N4O4/c1-3-18(28)14-31-19-6-4-5-16(11-19)26-23-24-13-15(2)22(27-23)25-17-7-8-20-21(12-17)30-10-9-29-20;1-3-18(28)14-31-19-6-4-5-16(11-19)25-22-15(2)13-24-23(27-22)26-17-7-8-20-21(12-17)30-10-9-29-20/h2*4-8,11-13H,3,9-10,14H2,1-2H3,(H2,24,25,26,27). The first-order valence-corrected chi connectivity index (χ1v) is 20.2. The number of benzene rings is 4. The molecule has 0 aliphatic carbocycles. The highest BCUT2D eigenvalue weighted by atomic mass is 16.6. The number of fused-ring (bicyclic) bond motifs is 2. The van der Waals surface area contributed by atoms with Gasteiger partial charge in [-0.05, 0) is 62.4 Å². The van der Waals surface area contributed by atoms with Crippen molar-refractivity contribution in [2.24, 2.45) is 0 Å². The van der Waals surface area contributed by atoms with Gasteiger partial charge in [0, 0.05) is 83.4 Å². The van der Waals surface area contributed by atoms with Crippen molar-refractivity contribution in [3.63, 3.8) is 0 Å². The Balaban J connectivity index is 0.000000186. The van der Waals surface area contributed by atoms with Gasteiger partial charge in [-0.15, -0.1) is 0 Å². The lowest BCUT2D eigenvalue weighted by atomic mass is 10.2. The molecule has 2 aromatic heterocycles. The molecule has 0 unspecified atom stereocenters. The Labute approximate surface area is 359 Å². The number of hydrogen-bond donors (Lipinski definition) is 4. The van der Waals surface area contributed by atoms with Crippen molar-refractivity contribution in [1.29, 1.82) is 0 Å². The summed E-state index contributed by atoms with van der Waals surface area (Å²) in [6.07, 6.45) is 4.40. The van der Waals surface area contributed by atoms with E-state index in [1.807, 2.05) is 100 Å². The molecule has 0 bridgehead atoms. The van der Waals surface area contributed by atoms with Crippen LogP contribution in [0, 0.1) is 13.8 Å². The van der Waals surface area contributed by atoms with E-state index in [2.05, 4.69) is 41.2 Å². The highest BCUT2D eigenvalue weighted by molar-refractivity contribution is 5.80. The maximum absolute atomic E-state index is 11.5. The third-order valence-electron chi connectivity index (χ3n) is 9.32. The van der Waals surface area contributed by atoms with Gasteiger partial charge in [-0.1, -0.05) is 26.0 Å². The summed E-state index contributed by atoms with van der Waals surface area (Å²) in [5.74, 6) is 6.43. The second kappa shape index (κ2) is 20.6. The average molecular weight is 841 g/mol. The molecule has 0 fully saturated rings. The first-order valence-electron chi connectivity index (χ1n) is 20.2. The molecule has 0 saturated heterocycles. The molecule has 16 nitrogen and oxygen atoms in total. The predicted octanol–water partition coefficient (Wildman–Crippen LogP) is 8.80. The first-order chi connectivity index (χ1) is 30.2. The van der Waals surface area contributed by atoms with E-state index in [1.54, 1.807) is 24.5 Å². The van der Waals surface area contributed by atoms with Gasteiger partial charge >= 0.3 is 0 Å². The molecule has 62 heavy (non-hydrogen) atoms. The largest absolute Gasteiger partial charge is 0.486 e. The molecule has 2 aliphatic rings. The van der Waals surface area contributed by atoms with E-state index in [0.717, 1.165) is 45.4 Å². The molecule has 0 saturated carbocycles. The fourth-order valence-corrected chi connectivity index (χ4v) is 5.89. The Hall–Kier alpha value is -7.62. The number of hydrogen-bond acceptors (Lipinski definition) is 16. The minimum atomic E-state index is 0.0510. The normalized spacial score (nSPS) is 12.2. The van der Waals surface area contributed by atoms with Crippen LogP contribution in [0.1, 0.15) is 37.8 Å². The summed E-state index contributed by atoms with van der Waals surface area (Å²) in [6, 6.07) is 26.0. The first kappa shape index (κ1) is 42.5. The maximum Gasteiger partial charge on any atom is 0.229 e. The smallest absolute Gasteiger partial charge is 0.229 e. The zero-order valence-corrected chi connectivity index (χ0v) is 34.9. The number of rotatable bonds is 16. The van der Waals surface area contributed by atoms with Gasteiger partial charge in [-0.25, -0.2) is 9.97 Å². The molecule has 4 heterocycles. The van der Waals surface area contributed by atoms with Crippen molar-refractivity contribution < 1.29 is 38.0 Å². The summed E-state index contributed by atoms with van der Waals surface area (Å²) in [4.78, 5) is 40.9. The van der Waals surface area contributed by atoms with Gasteiger partial charge in [0.05, 0.1) is 0 Å². The molecule has 4 N–H and O–H groups in total. The summed E-state index contributed by atoms with van der Waals surface area (Å²) in [5, 5.41) is 13.0. The van der Waals surface area contributed by atoms with E-state index < -0.39 is 0 Å². The number of carbonyl (C=O) groups is 2. The van der Waals surface area contributed by atoms with Crippen molar-refractivity contribution in [2.45, 2.75) is 40.5 Å². The van der Waals surface area contributed by atoms with Gasteiger partial charge < -0.3 is 49.7 Å². The van der Waals surface area contributed by atoms with E-state index in [9.17, 15) is 9.59 Å². The van der Waals surface area contributed by atoms with Gasteiger partial charge in [0.1, 0.15) is 62.8 Å². The number of carbonyl (C=O) groups excluding carboxylic acids is 2. The minimum absolute atomic E-state index is 0.0510. The lowest BCUT2D eigenvalue weighted by Crippen LogP contribution is -2.15. The molecule has 0 radical (unpaired) electrons. The van der Waals surface area contributed by atoms with Gasteiger partial charge in [-0.2, -0.15) is 9.97 Å². The minimum Gasteiger partial charge on any atom is -0.486 e. The van der Waals surface area contributed by atoms with Crippen LogP contribution in [0.5, 0.6) is 34.5 Å². The maximum atomic E-state index is 11.5. The number of ketones is 2. The number of aryl methyl sites for hydroxylation is 2. The number of Topliss-reactive ketones (excluding diaryl/α,β-unsaturated/α-hetero) is 2. The summed E-state index contributed by atoms with van der Waals surface area (Å²) >= 11 is 0. The van der Waals surface area contributed by atoms with Crippen LogP contribution in [0.25, 0.3) is 0 Å². The summed E-state index contributed by atoms with van der Waals surface area (Å²) < 4.78 is 33.5. The number of nitrogens with zero attached hydrogens (tertiary/aromatic N) is 4. The fourth-order valence-electron chi connectivity index (χ4n) is 5.89. The van der Waals surface area contributed by atoms with Crippen LogP contribution in [0.3, 0.4) is 0 Å². The highest BCUT2D eigenvalue weighted by Gasteiger charge is 2.15. The van der Waals surface area contributed by atoms with E-state index in [-0.39, 0.29) is 24.8 Å². The molecule has 320 valence electrons. The number of nitrogens with one attached hydrogen (secondary N) is 4. The molecule has 6 aromatic rings. The lowest BCUT2D eigenvalue weighted by molar-refractivity contribution is -0.121. The summed E-state index contributed by atoms with van der Waals surface area (Å²) in [6.45, 7) is 9.79. The van der Waals surface area contributed by atoms with Crippen molar-refractivity contribution in [3.8, 4) is 34.5 Å². The van der Waals surface area contributed by atoms with E-state index >= 15 is 0 Å². The van der Waals surface area contributed by atoms with Crippen LogP contribution in [0.2, 0.25) is 0 Å². The third-order valence-corrected chi connectivity index (χ3v) is 9.32. The fraction of sp³-hybridized carbons (Fsp3) is 0.261. The topological polar surface area (TPSA) is 189 Å². The van der Waals surface area contributed by atoms with Gasteiger partial charge in [0.25, 0.3) is 0 Å². The summed E-state index contributed by atoms with van der Waals surface area (Å²) in [5.41, 5.74) is 4.99. The van der Waals surface area contributed by atoms with Crippen LogP contribution in [0.15, 0.2) is 97.3 Å². The Morgan fingerprint density at radius 3 is 1.39 bits per heavy atom. The Morgan fingerprint density at radius 2 is 0.935 bits per heavy atom. The molecular formula is C46H48N8O8. The van der Waals surface area contributed by atoms with Crippen molar-refractivity contribution in [2.75, 3.05) is 60.9 Å². The van der Waals surface area contributed by atoms with Crippen LogP contribution in [-0.2, 0) is 9.59 Å². The van der Waals surface area contributed by atoms with Crippen LogP contribution < -0.4 is 49.7 Å². The molecule has 0 spiro atoms. The Bertz CT molecular complexity index is 2520. The quantitative estimate of drug-likeness (QED) is 0.0723. The molecule has 8 rings (SSSR count). The second-order valence-electron chi connectivity index (χ2n) is 14.1. The predicted molar refractivity (Wildman–Crippen MR) is 236 cm³/mol. The van der Waals surface area contributed by atoms with Gasteiger partial charge in [0.2, 0.25) is 11.9 Å². The highest BCUT2D eigenvalue weighted by Crippen LogP contribution is 2.35. The lowest BCUT2D eigenvalue weighted by Gasteiger charge is -2.19. The SMILES string of the molecule is CCC(=O)COc1cccc(Nc2nc(Nc3ccc4c(c3)OCCO4)ncc2C)c1.CCC(=O)COc1cccc(Nc2ncc(C)c(Nc3ccc4c(c3)OCCO4)n2)c1. The average Bonchev–Trinajstić information content (AvgIpc) is 3.30. The van der Waals surface area contributed by atoms with Crippen LogP contribution in [0.4, 0.5) is 46.3 Å². The molecular weight excluding hydrogens is 793 g/mol. The summed E-state index contributed by atoms with van der Waals surface area (Å²) in [7, 11) is 0. The molecule has 4 aromatic carbocycles. The van der Waals surface area contributed by atoms with Gasteiger partial charge in [-0.3, -0.25) is 9.59 Å². The van der Waals surface area contributed by atoms with Crippen LogP contribution in [-0.4, -0.2) is 71.1 Å². The molecule has 0 atom stereocenters. The Morgan fingerprint density at radius 1 is 0.532 bits per heavy atom. The molecule has 2 aliphatic heterocycles. The van der Waals surface area contributed by atoms with Gasteiger partial charge in [0.15, 0.2) is 34.6 Å².